The Labute approximate surface area is 785 Å². The summed E-state index contributed by atoms with van der Waals surface area (Å²) < 4.78 is 27.5. The van der Waals surface area contributed by atoms with E-state index in [1.807, 2.05) is 156 Å². The lowest BCUT2D eigenvalue weighted by Gasteiger charge is -2.46. The van der Waals surface area contributed by atoms with Crippen LogP contribution >= 0.6 is 45.6 Å². The number of para-hydroxylation sites is 1. The number of fused-ring (bicyclic) bond motifs is 1. The molecule has 24 nitrogen and oxygen atoms in total. The van der Waals surface area contributed by atoms with Crippen molar-refractivity contribution in [1.29, 1.82) is 15.8 Å². The number of amides is 4. The number of nitrogens with one attached hydrogen (secondary N) is 1. The summed E-state index contributed by atoms with van der Waals surface area (Å²) in [6.07, 6.45) is 11.7. The Bertz CT molecular complexity index is 6240. The number of likely N-dealkylation sites (N-methyl/N-ethyl adjacent to an activating group) is 2. The van der Waals surface area contributed by atoms with Crippen molar-refractivity contribution in [1.82, 2.24) is 29.6 Å². The molecule has 11 heterocycles. The van der Waals surface area contributed by atoms with Crippen LogP contribution in [0.25, 0.3) is 44.3 Å². The predicted molar refractivity (Wildman–Crippen MR) is 523 cm³/mol. The van der Waals surface area contributed by atoms with Gasteiger partial charge in [0.1, 0.15) is 39.6 Å². The van der Waals surface area contributed by atoms with Crippen LogP contribution in [0, 0.1) is 75.2 Å². The first kappa shape index (κ1) is 93.4. The molecule has 6 aliphatic heterocycles. The summed E-state index contributed by atoms with van der Waals surface area (Å²) in [7, 11) is 6.70. The lowest BCUT2D eigenvalue weighted by atomic mass is 9.70. The highest BCUT2D eigenvalue weighted by atomic mass is 35.5. The average Bonchev–Trinajstić information content (AvgIpc) is 1.23. The molecular weight excluding hydrogens is 1740 g/mol. The van der Waals surface area contributed by atoms with Gasteiger partial charge in [-0.1, -0.05) is 103 Å². The summed E-state index contributed by atoms with van der Waals surface area (Å²) in [5.41, 5.74) is 32.0. The number of pyridine rings is 2. The molecule has 1 saturated carbocycles. The smallest absolute Gasteiger partial charge is 0.256 e. The van der Waals surface area contributed by atoms with Gasteiger partial charge in [-0.15, -0.1) is 34.0 Å². The number of carbonyl (C=O) groups is 4. The number of hydrogen-bond acceptors (Lipinski definition) is 23. The largest absolute Gasteiger partial charge is 0.371 e. The lowest BCUT2D eigenvalue weighted by molar-refractivity contribution is -0.137. The number of hydrogen-bond donors (Lipinski definition) is 5. The summed E-state index contributed by atoms with van der Waals surface area (Å²) in [6, 6.07) is 63.4. The van der Waals surface area contributed by atoms with Crippen LogP contribution < -0.4 is 38.1 Å². The maximum Gasteiger partial charge on any atom is 0.256 e. The molecule has 5 aromatic heterocycles. The van der Waals surface area contributed by atoms with Crippen LogP contribution in [0.2, 0.25) is 5.02 Å². The first-order valence-corrected chi connectivity index (χ1v) is 47.2. The van der Waals surface area contributed by atoms with E-state index in [2.05, 4.69) is 78.3 Å². The fraction of sp³-hybridized carbons (Fsp3) is 0.343. The van der Waals surface area contributed by atoms with Crippen LogP contribution in [0.4, 0.5) is 26.0 Å². The number of halogens is 3. The number of benzene rings is 6. The van der Waals surface area contributed by atoms with Gasteiger partial charge in [0.05, 0.1) is 63.0 Å². The quantitative estimate of drug-likeness (QED) is 0.0600. The van der Waals surface area contributed by atoms with Gasteiger partial charge in [0.2, 0.25) is 17.7 Å². The zero-order valence-corrected chi connectivity index (χ0v) is 78.7. The van der Waals surface area contributed by atoms with Crippen LogP contribution in [0.3, 0.4) is 0 Å². The normalized spacial score (nSPS) is 23.5. The lowest BCUT2D eigenvalue weighted by Crippen LogP contribution is -2.56. The van der Waals surface area contributed by atoms with Gasteiger partial charge < -0.3 is 38.1 Å². The zero-order valence-electron chi connectivity index (χ0n) is 75.5. The Morgan fingerprint density at radius 1 is 0.508 bits per heavy atom. The van der Waals surface area contributed by atoms with Gasteiger partial charge in [-0.05, 0) is 262 Å². The van der Waals surface area contributed by atoms with E-state index in [1.165, 1.54) is 43.1 Å². The standard InChI is InChI=1S/2C28H28FN5OS.C25H24ClN5OS.C21H27N5O/c2*1-28(24-14-21(17-36-24)20-6-3-5-18(13-20)16-30)25(26(35)33(2)27(31)32-28)19-9-11-34(12-10-19)23-8-4-7-22(29)15-23;1-24(2,14-27)18-7-5-15(6-8-18)21-22(32)31(4)23(28)30-25(21,3)20-10-17(13-33-20)16-9-19(26)12-29-11-16;1-21(19(27)26(2)20(22)25-21)13-14-6-5-8-16(12-14)23-18-11-10-15-7-3-4-9-17(15)24-18/h2*3-8,13-15,17,19,25H,9-12H2,1-2H3,(H2,31,32);5-13,21H,1-4H3,(H2,28,30);3-4,7,9-11,14,16H,5-6,8,12-13H2,1-2H3,(H2,22,25)(H,23,24)/t25-,28+;25-,28-;21-,25-;14-,16?,21+/m0110/s1. The third-order valence-corrected chi connectivity index (χ3v) is 30.8. The summed E-state index contributed by atoms with van der Waals surface area (Å²) in [5.74, 6) is 0.602. The summed E-state index contributed by atoms with van der Waals surface area (Å²) in [6.45, 7) is 14.6. The van der Waals surface area contributed by atoms with Gasteiger partial charge in [0, 0.05) is 110 Å². The number of aromatic nitrogens is 2. The van der Waals surface area contributed by atoms with Crippen LogP contribution in [-0.2, 0) is 41.2 Å². The first-order valence-electron chi connectivity index (χ1n) is 44.2. The monoisotopic (exact) mass is 1840 g/mol. The minimum absolute atomic E-state index is 0.00581. The SMILES string of the molecule is CN1C(=O)[C@@H](C2CCN(c3cccc(F)c3)CC2)[C@@](C)(c2cc(-c3cccc(C#N)c3)cs2)N=C1N.CN1C(=O)[C@@H](c2ccc(C(C)(C)C#N)cc2)[C@@](C)(c2cc(-c3cncc(Cl)c3)cs2)N=C1N.CN1C(=O)[C@@](C)(C[C@H]2CCCC(Nc3ccc4ccccc4n3)C2)N=C1N.CN1C(=O)[C@H](C2CCN(c3cccc(F)c3)CC2)[C@@](C)(c2cc(-c3cccc(C#N)c3)cs2)N=C1N. The summed E-state index contributed by atoms with van der Waals surface area (Å²) in [4.78, 5) is 94.3. The van der Waals surface area contributed by atoms with Gasteiger partial charge in [0.25, 0.3) is 5.91 Å². The number of carbonyl (C=O) groups excluding carboxylic acids is 4. The van der Waals surface area contributed by atoms with Crippen molar-refractivity contribution in [3.05, 3.63) is 264 Å². The van der Waals surface area contributed by atoms with Gasteiger partial charge >= 0.3 is 0 Å². The van der Waals surface area contributed by atoms with Crippen molar-refractivity contribution in [2.24, 2.45) is 72.5 Å². The number of thiophene rings is 3. The number of rotatable bonds is 16. The minimum atomic E-state index is -0.894. The number of nitrogens with zero attached hydrogens (tertiary/aromatic N) is 15. The number of guanidine groups is 4. The third kappa shape index (κ3) is 19.4. The molecule has 30 heteroatoms. The van der Waals surface area contributed by atoms with Crippen LogP contribution in [0.1, 0.15) is 142 Å². The molecule has 678 valence electrons. The molecule has 9 atom stereocenters. The Balaban J connectivity index is 0.000000135. The van der Waals surface area contributed by atoms with Crippen molar-refractivity contribution < 1.29 is 28.0 Å². The molecule has 4 amide bonds. The highest BCUT2D eigenvalue weighted by Gasteiger charge is 2.54. The molecule has 132 heavy (non-hydrogen) atoms. The first-order chi connectivity index (χ1) is 63.1. The molecule has 0 radical (unpaired) electrons. The molecule has 18 rings (SSSR count). The Morgan fingerprint density at radius 2 is 0.985 bits per heavy atom. The number of piperidine rings is 2. The molecule has 9 N–H and O–H groups in total. The predicted octanol–water partition coefficient (Wildman–Crippen LogP) is 18.1. The van der Waals surface area contributed by atoms with Crippen LogP contribution in [-0.4, -0.2) is 143 Å². The highest BCUT2D eigenvalue weighted by molar-refractivity contribution is 7.11. The Hall–Kier alpha value is -13.2. The van der Waals surface area contributed by atoms with Crippen LogP contribution in [0.5, 0.6) is 0 Å². The molecule has 0 spiro atoms. The van der Waals surface area contributed by atoms with Crippen molar-refractivity contribution in [3.8, 4) is 51.6 Å². The van der Waals surface area contributed by atoms with Gasteiger partial charge in [-0.3, -0.25) is 43.8 Å². The number of anilines is 3. The molecule has 3 fully saturated rings. The molecule has 11 aromatic rings. The van der Waals surface area contributed by atoms with E-state index in [9.17, 15) is 43.7 Å². The molecule has 2 saturated heterocycles. The third-order valence-electron chi connectivity index (χ3n) is 27.1. The van der Waals surface area contributed by atoms with Crippen molar-refractivity contribution >= 4 is 121 Å². The van der Waals surface area contributed by atoms with E-state index >= 15 is 0 Å². The second-order valence-corrected chi connectivity index (χ2v) is 39.5. The average molecular weight is 1850 g/mol. The molecule has 1 aliphatic carbocycles. The molecule has 0 bridgehead atoms. The van der Waals surface area contributed by atoms with Gasteiger partial charge in [-0.25, -0.2) is 33.7 Å². The van der Waals surface area contributed by atoms with Crippen molar-refractivity contribution in [3.63, 3.8) is 0 Å². The number of nitrogens with two attached hydrogens (primary N) is 4. The maximum absolute atomic E-state index is 13.8. The van der Waals surface area contributed by atoms with E-state index in [0.29, 0.717) is 34.1 Å². The molecule has 6 aromatic carbocycles. The fourth-order valence-electron chi connectivity index (χ4n) is 19.6. The van der Waals surface area contributed by atoms with Crippen molar-refractivity contribution in [2.75, 3.05) is 69.5 Å². The number of nitriles is 3. The Kier molecular flexibility index (Phi) is 27.4. The summed E-state index contributed by atoms with van der Waals surface area (Å²) >= 11 is 10.8. The fourth-order valence-corrected chi connectivity index (χ4v) is 22.9. The maximum atomic E-state index is 13.8. The highest BCUT2D eigenvalue weighted by Crippen LogP contribution is 2.52. The second-order valence-electron chi connectivity index (χ2n) is 36.4. The second kappa shape index (κ2) is 38.7. The van der Waals surface area contributed by atoms with Crippen LogP contribution in [0.15, 0.2) is 230 Å². The van der Waals surface area contributed by atoms with E-state index < -0.39 is 33.5 Å². The Morgan fingerprint density at radius 3 is 1.47 bits per heavy atom. The van der Waals surface area contributed by atoms with E-state index in [-0.39, 0.29) is 76.8 Å². The van der Waals surface area contributed by atoms with E-state index in [0.717, 1.165) is 171 Å². The molecular formula is C102H107ClF2N20O4S3. The van der Waals surface area contributed by atoms with Gasteiger partial charge in [0.15, 0.2) is 23.8 Å². The van der Waals surface area contributed by atoms with Crippen molar-refractivity contribution in [2.45, 2.75) is 139 Å². The van der Waals surface area contributed by atoms with E-state index in [4.69, 9.17) is 54.5 Å². The number of aliphatic imine (C=N–C) groups is 4. The summed E-state index contributed by atoms with van der Waals surface area (Å²) in [5, 5.41) is 39.5. The molecule has 7 aliphatic rings. The molecule has 1 unspecified atom stereocenters. The van der Waals surface area contributed by atoms with Gasteiger partial charge in [-0.2, -0.15) is 15.8 Å². The van der Waals surface area contributed by atoms with E-state index in [1.54, 1.807) is 99.7 Å². The topological polar surface area (TPSA) is 350 Å². The minimum Gasteiger partial charge on any atom is -0.371 e. The zero-order chi connectivity index (χ0) is 93.9.